The molecule has 0 fully saturated rings. The third-order valence-corrected chi connectivity index (χ3v) is 4.95. The van der Waals surface area contributed by atoms with Crippen LogP contribution in [0.25, 0.3) is 22.9 Å². The van der Waals surface area contributed by atoms with Crippen LogP contribution < -0.4 is 4.74 Å². The van der Waals surface area contributed by atoms with Crippen molar-refractivity contribution in [1.82, 2.24) is 4.98 Å². The summed E-state index contributed by atoms with van der Waals surface area (Å²) in [7, 11) is 0. The minimum absolute atomic E-state index is 0.532. The molecule has 0 aliphatic rings. The first kappa shape index (κ1) is 17.7. The highest BCUT2D eigenvalue weighted by molar-refractivity contribution is 7.11. The summed E-state index contributed by atoms with van der Waals surface area (Å²) in [6.07, 6.45) is 1.84. The number of aromatic nitrogens is 1. The summed E-state index contributed by atoms with van der Waals surface area (Å²) < 4.78 is 5.88. The number of benzene rings is 3. The second-order valence-corrected chi connectivity index (χ2v) is 6.92. The standard InChI is InChI=1S/C24H16N2OS/c25-16-20(24-26-23(17-28-24)19-9-3-1-4-10-19)14-18-8-7-13-22(15-18)27-21-11-5-2-6-12-21/h1-15,17H/b20-14+. The van der Waals surface area contributed by atoms with E-state index >= 15 is 0 Å². The van der Waals surface area contributed by atoms with Crippen LogP contribution in [0.2, 0.25) is 0 Å². The topological polar surface area (TPSA) is 45.9 Å². The molecule has 0 N–H and O–H groups in total. The molecule has 4 heteroatoms. The maximum atomic E-state index is 9.64. The van der Waals surface area contributed by atoms with Crippen LogP contribution in [-0.2, 0) is 0 Å². The lowest BCUT2D eigenvalue weighted by molar-refractivity contribution is 0.482. The van der Waals surface area contributed by atoms with Crippen molar-refractivity contribution in [2.75, 3.05) is 0 Å². The Labute approximate surface area is 167 Å². The summed E-state index contributed by atoms with van der Waals surface area (Å²) in [6, 6.07) is 29.5. The average molecular weight is 380 g/mol. The van der Waals surface area contributed by atoms with Crippen molar-refractivity contribution in [1.29, 1.82) is 5.26 Å². The fourth-order valence-corrected chi connectivity index (χ4v) is 3.53. The zero-order valence-electron chi connectivity index (χ0n) is 14.9. The van der Waals surface area contributed by atoms with Gasteiger partial charge in [0, 0.05) is 10.9 Å². The van der Waals surface area contributed by atoms with Crippen molar-refractivity contribution in [2.24, 2.45) is 0 Å². The van der Waals surface area contributed by atoms with Gasteiger partial charge in [0.15, 0.2) is 0 Å². The first-order valence-electron chi connectivity index (χ1n) is 8.78. The van der Waals surface area contributed by atoms with Crippen LogP contribution >= 0.6 is 11.3 Å². The van der Waals surface area contributed by atoms with Gasteiger partial charge in [-0.1, -0.05) is 60.7 Å². The molecule has 3 nitrogen and oxygen atoms in total. The van der Waals surface area contributed by atoms with E-state index in [4.69, 9.17) is 4.74 Å². The molecule has 0 aliphatic carbocycles. The number of allylic oxidation sites excluding steroid dienone is 1. The Balaban J connectivity index is 1.60. The molecule has 28 heavy (non-hydrogen) atoms. The third kappa shape index (κ3) is 4.17. The molecule has 0 aliphatic heterocycles. The summed E-state index contributed by atoms with van der Waals surface area (Å²) >= 11 is 1.47. The number of hydrogen-bond donors (Lipinski definition) is 0. The monoisotopic (exact) mass is 380 g/mol. The Bertz CT molecular complexity index is 1140. The van der Waals surface area contributed by atoms with Crippen LogP contribution in [0.3, 0.4) is 0 Å². The van der Waals surface area contributed by atoms with Gasteiger partial charge in [0.05, 0.1) is 11.3 Å². The van der Waals surface area contributed by atoms with Gasteiger partial charge in [-0.25, -0.2) is 4.98 Å². The Hall–Kier alpha value is -3.68. The summed E-state index contributed by atoms with van der Waals surface area (Å²) in [5.74, 6) is 1.50. The Morgan fingerprint density at radius 1 is 0.893 bits per heavy atom. The zero-order chi connectivity index (χ0) is 19.2. The molecule has 4 aromatic rings. The molecule has 0 atom stereocenters. The van der Waals surface area contributed by atoms with Crippen molar-refractivity contribution in [3.8, 4) is 28.8 Å². The normalized spacial score (nSPS) is 11.0. The van der Waals surface area contributed by atoms with Gasteiger partial charge < -0.3 is 4.74 Å². The second kappa shape index (κ2) is 8.34. The van der Waals surface area contributed by atoms with Gasteiger partial charge in [-0.15, -0.1) is 11.3 Å². The number of hydrogen-bond acceptors (Lipinski definition) is 4. The van der Waals surface area contributed by atoms with Crippen LogP contribution in [0.1, 0.15) is 10.6 Å². The van der Waals surface area contributed by atoms with Crippen molar-refractivity contribution in [3.05, 3.63) is 101 Å². The minimum atomic E-state index is 0.532. The highest BCUT2D eigenvalue weighted by Crippen LogP contribution is 2.28. The molecule has 3 aromatic carbocycles. The minimum Gasteiger partial charge on any atom is -0.457 e. The predicted molar refractivity (Wildman–Crippen MR) is 114 cm³/mol. The zero-order valence-corrected chi connectivity index (χ0v) is 15.8. The predicted octanol–water partition coefficient (Wildman–Crippen LogP) is 6.67. The molecule has 0 saturated carbocycles. The Morgan fingerprint density at radius 2 is 1.61 bits per heavy atom. The van der Waals surface area contributed by atoms with E-state index in [1.807, 2.05) is 96.4 Å². The van der Waals surface area contributed by atoms with Crippen molar-refractivity contribution >= 4 is 23.0 Å². The highest BCUT2D eigenvalue weighted by Gasteiger charge is 2.09. The molecular weight excluding hydrogens is 364 g/mol. The molecule has 0 amide bonds. The summed E-state index contributed by atoms with van der Waals surface area (Å²) in [6.45, 7) is 0. The van der Waals surface area contributed by atoms with Gasteiger partial charge in [0.2, 0.25) is 0 Å². The van der Waals surface area contributed by atoms with Gasteiger partial charge in [-0.05, 0) is 35.9 Å². The van der Waals surface area contributed by atoms with E-state index in [2.05, 4.69) is 11.1 Å². The van der Waals surface area contributed by atoms with Gasteiger partial charge in [0.1, 0.15) is 22.6 Å². The smallest absolute Gasteiger partial charge is 0.134 e. The van der Waals surface area contributed by atoms with E-state index in [0.717, 1.165) is 28.3 Å². The molecule has 0 unspecified atom stereocenters. The molecule has 0 spiro atoms. The van der Waals surface area contributed by atoms with Crippen molar-refractivity contribution in [3.63, 3.8) is 0 Å². The van der Waals surface area contributed by atoms with E-state index in [-0.39, 0.29) is 0 Å². The fourth-order valence-electron chi connectivity index (χ4n) is 2.74. The third-order valence-electron chi connectivity index (χ3n) is 4.07. The number of nitrogens with zero attached hydrogens (tertiary/aromatic N) is 2. The fraction of sp³-hybridized carbons (Fsp3) is 0. The lowest BCUT2D eigenvalue weighted by Crippen LogP contribution is -1.85. The molecular formula is C24H16N2OS. The molecule has 1 heterocycles. The van der Waals surface area contributed by atoms with E-state index in [0.29, 0.717) is 10.6 Å². The number of ether oxygens (including phenoxy) is 1. The van der Waals surface area contributed by atoms with E-state index in [9.17, 15) is 5.26 Å². The first-order valence-corrected chi connectivity index (χ1v) is 9.66. The molecule has 1 aromatic heterocycles. The lowest BCUT2D eigenvalue weighted by atomic mass is 10.1. The van der Waals surface area contributed by atoms with Crippen LogP contribution in [-0.4, -0.2) is 4.98 Å². The SMILES string of the molecule is N#C/C(=C\c1cccc(Oc2ccccc2)c1)c1nc(-c2ccccc2)cs1. The highest BCUT2D eigenvalue weighted by atomic mass is 32.1. The van der Waals surface area contributed by atoms with Gasteiger partial charge in [0.25, 0.3) is 0 Å². The van der Waals surface area contributed by atoms with Gasteiger partial charge >= 0.3 is 0 Å². The molecule has 0 radical (unpaired) electrons. The maximum Gasteiger partial charge on any atom is 0.134 e. The van der Waals surface area contributed by atoms with Gasteiger partial charge in [-0.2, -0.15) is 5.26 Å². The first-order chi connectivity index (χ1) is 13.8. The largest absolute Gasteiger partial charge is 0.457 e. The number of para-hydroxylation sites is 1. The molecule has 0 bridgehead atoms. The van der Waals surface area contributed by atoms with Crippen molar-refractivity contribution < 1.29 is 4.74 Å². The Morgan fingerprint density at radius 3 is 2.36 bits per heavy atom. The molecule has 0 saturated heterocycles. The second-order valence-electron chi connectivity index (χ2n) is 6.06. The average Bonchev–Trinajstić information content (AvgIpc) is 3.24. The van der Waals surface area contributed by atoms with Crippen LogP contribution in [0.5, 0.6) is 11.5 Å². The van der Waals surface area contributed by atoms with Crippen molar-refractivity contribution in [2.45, 2.75) is 0 Å². The summed E-state index contributed by atoms with van der Waals surface area (Å²) in [5.41, 5.74) is 3.34. The van der Waals surface area contributed by atoms with Gasteiger partial charge in [-0.3, -0.25) is 0 Å². The quantitative estimate of drug-likeness (QED) is 0.363. The lowest BCUT2D eigenvalue weighted by Gasteiger charge is -2.06. The maximum absolute atomic E-state index is 9.64. The number of nitriles is 1. The van der Waals surface area contributed by atoms with E-state index in [1.165, 1.54) is 11.3 Å². The number of rotatable bonds is 5. The Kier molecular flexibility index (Phi) is 5.28. The van der Waals surface area contributed by atoms with E-state index < -0.39 is 0 Å². The van der Waals surface area contributed by atoms with Crippen LogP contribution in [0, 0.1) is 11.3 Å². The summed E-state index contributed by atoms with van der Waals surface area (Å²) in [5, 5.41) is 12.3. The van der Waals surface area contributed by atoms with Crippen LogP contribution in [0.4, 0.5) is 0 Å². The number of thiazole rings is 1. The summed E-state index contributed by atoms with van der Waals surface area (Å²) in [4.78, 5) is 4.63. The molecule has 4 rings (SSSR count). The van der Waals surface area contributed by atoms with E-state index in [1.54, 1.807) is 0 Å². The molecule has 134 valence electrons. The van der Waals surface area contributed by atoms with Crippen LogP contribution in [0.15, 0.2) is 90.3 Å².